The molecular weight excluding hydrogens is 380 g/mol. The van der Waals surface area contributed by atoms with Gasteiger partial charge < -0.3 is 14.4 Å². The standard InChI is InChI=1S/C24H32N2O4/c1-5-16-14-25-12-11-24(19-9-7-8-10-20(19)26(6-2)23(24)28)21(25)13-17(16)18(15-29-3)22(27)30-4/h7-10,15-17,21H,5-6,11-14H2,1-4H3/b18-15+/t16-,17+,21+,24-/m1/s1. The molecule has 162 valence electrons. The van der Waals surface area contributed by atoms with Crippen LogP contribution in [0.2, 0.25) is 0 Å². The highest BCUT2D eigenvalue weighted by Crippen LogP contribution is 2.54. The zero-order valence-electron chi connectivity index (χ0n) is 18.4. The summed E-state index contributed by atoms with van der Waals surface area (Å²) in [6.45, 7) is 6.66. The molecule has 1 spiro atoms. The monoisotopic (exact) mass is 412 g/mol. The molecule has 6 heteroatoms. The van der Waals surface area contributed by atoms with Crippen LogP contribution in [-0.4, -0.2) is 56.7 Å². The first-order chi connectivity index (χ1) is 14.5. The number of carbonyl (C=O) groups excluding carboxylic acids is 2. The first-order valence-corrected chi connectivity index (χ1v) is 11.0. The van der Waals surface area contributed by atoms with E-state index in [2.05, 4.69) is 24.0 Å². The predicted molar refractivity (Wildman–Crippen MR) is 115 cm³/mol. The summed E-state index contributed by atoms with van der Waals surface area (Å²) in [5.41, 5.74) is 2.24. The maximum atomic E-state index is 13.8. The summed E-state index contributed by atoms with van der Waals surface area (Å²) in [7, 11) is 2.97. The van der Waals surface area contributed by atoms with Crippen molar-refractivity contribution in [3.05, 3.63) is 41.7 Å². The fourth-order valence-corrected chi connectivity index (χ4v) is 6.14. The number of rotatable bonds is 5. The second-order valence-electron chi connectivity index (χ2n) is 8.61. The molecule has 3 heterocycles. The Kier molecular flexibility index (Phi) is 5.62. The number of methoxy groups -OCH3 is 2. The van der Waals surface area contributed by atoms with Crippen LogP contribution in [0.4, 0.5) is 5.69 Å². The van der Waals surface area contributed by atoms with Gasteiger partial charge in [-0.25, -0.2) is 4.79 Å². The molecule has 4 rings (SSSR count). The summed E-state index contributed by atoms with van der Waals surface area (Å²) < 4.78 is 10.3. The molecule has 0 N–H and O–H groups in total. The second-order valence-corrected chi connectivity index (χ2v) is 8.61. The normalized spacial score (nSPS) is 31.1. The zero-order valence-corrected chi connectivity index (χ0v) is 18.4. The first-order valence-electron chi connectivity index (χ1n) is 11.0. The second kappa shape index (κ2) is 8.06. The van der Waals surface area contributed by atoms with Gasteiger partial charge in [0.05, 0.1) is 31.5 Å². The fourth-order valence-electron chi connectivity index (χ4n) is 6.14. The van der Waals surface area contributed by atoms with Gasteiger partial charge in [0.15, 0.2) is 0 Å². The van der Waals surface area contributed by atoms with Crippen molar-refractivity contribution in [1.29, 1.82) is 0 Å². The highest BCUT2D eigenvalue weighted by Gasteiger charge is 2.61. The summed E-state index contributed by atoms with van der Waals surface area (Å²) in [4.78, 5) is 30.8. The van der Waals surface area contributed by atoms with Gasteiger partial charge in [-0.05, 0) is 49.8 Å². The predicted octanol–water partition coefficient (Wildman–Crippen LogP) is 3.11. The lowest BCUT2D eigenvalue weighted by molar-refractivity contribution is -0.137. The van der Waals surface area contributed by atoms with E-state index in [1.54, 1.807) is 13.4 Å². The minimum absolute atomic E-state index is 0.00858. The van der Waals surface area contributed by atoms with Gasteiger partial charge in [0.1, 0.15) is 0 Å². The molecule has 0 aliphatic carbocycles. The van der Waals surface area contributed by atoms with Crippen molar-refractivity contribution in [1.82, 2.24) is 4.90 Å². The van der Waals surface area contributed by atoms with E-state index in [1.807, 2.05) is 24.0 Å². The number of hydrogen-bond acceptors (Lipinski definition) is 5. The van der Waals surface area contributed by atoms with Crippen molar-refractivity contribution in [2.75, 3.05) is 38.8 Å². The Morgan fingerprint density at radius 3 is 2.70 bits per heavy atom. The third kappa shape index (κ3) is 2.88. The molecule has 1 amide bonds. The quantitative estimate of drug-likeness (QED) is 0.423. The van der Waals surface area contributed by atoms with E-state index in [4.69, 9.17) is 9.47 Å². The molecule has 3 aliphatic rings. The van der Waals surface area contributed by atoms with Crippen LogP contribution < -0.4 is 4.90 Å². The highest BCUT2D eigenvalue weighted by atomic mass is 16.5. The van der Waals surface area contributed by atoms with E-state index in [0.29, 0.717) is 18.0 Å². The highest BCUT2D eigenvalue weighted by molar-refractivity contribution is 6.09. The van der Waals surface area contributed by atoms with Gasteiger partial charge in [0.2, 0.25) is 5.91 Å². The Morgan fingerprint density at radius 2 is 2.03 bits per heavy atom. The molecule has 1 aromatic carbocycles. The average Bonchev–Trinajstić information content (AvgIpc) is 3.27. The van der Waals surface area contributed by atoms with Gasteiger partial charge >= 0.3 is 5.97 Å². The molecule has 1 aromatic rings. The van der Waals surface area contributed by atoms with Crippen molar-refractivity contribution < 1.29 is 19.1 Å². The van der Waals surface area contributed by atoms with Gasteiger partial charge in [-0.1, -0.05) is 31.5 Å². The van der Waals surface area contributed by atoms with Crippen LogP contribution in [0, 0.1) is 11.8 Å². The maximum absolute atomic E-state index is 13.8. The van der Waals surface area contributed by atoms with E-state index < -0.39 is 5.41 Å². The summed E-state index contributed by atoms with van der Waals surface area (Å²) in [6.07, 6.45) is 4.08. The number of anilines is 1. The number of hydrogen-bond donors (Lipinski definition) is 0. The maximum Gasteiger partial charge on any atom is 0.337 e. The Hall–Kier alpha value is -2.34. The molecular formula is C24H32N2O4. The van der Waals surface area contributed by atoms with Gasteiger partial charge in [-0.2, -0.15) is 0 Å². The van der Waals surface area contributed by atoms with Crippen LogP contribution in [-0.2, 0) is 24.5 Å². The molecule has 4 atom stereocenters. The lowest BCUT2D eigenvalue weighted by atomic mass is 9.67. The topological polar surface area (TPSA) is 59.1 Å². The minimum atomic E-state index is -0.530. The number of piperidine rings is 1. The summed E-state index contributed by atoms with van der Waals surface area (Å²) in [6, 6.07) is 8.30. The molecule has 0 bridgehead atoms. The number of esters is 1. The van der Waals surface area contributed by atoms with Crippen LogP contribution in [0.5, 0.6) is 0 Å². The number of likely N-dealkylation sites (N-methyl/N-ethyl adjacent to an activating group) is 1. The third-order valence-electron chi connectivity index (χ3n) is 7.53. The molecule has 0 aromatic heterocycles. The Labute approximate surface area is 178 Å². The van der Waals surface area contributed by atoms with E-state index in [0.717, 1.165) is 43.6 Å². The van der Waals surface area contributed by atoms with E-state index >= 15 is 0 Å². The molecule has 30 heavy (non-hydrogen) atoms. The summed E-state index contributed by atoms with van der Waals surface area (Å²) in [5, 5.41) is 0. The molecule has 2 saturated heterocycles. The fraction of sp³-hybridized carbons (Fsp3) is 0.583. The van der Waals surface area contributed by atoms with Crippen LogP contribution in [0.1, 0.15) is 38.7 Å². The third-order valence-corrected chi connectivity index (χ3v) is 7.53. The summed E-state index contributed by atoms with van der Waals surface area (Å²) in [5.74, 6) is 0.206. The van der Waals surface area contributed by atoms with E-state index in [1.165, 1.54) is 7.11 Å². The number of nitrogens with zero attached hydrogens (tertiary/aromatic N) is 2. The van der Waals surface area contributed by atoms with Crippen molar-refractivity contribution >= 4 is 17.6 Å². The van der Waals surface area contributed by atoms with Gasteiger partial charge in [-0.3, -0.25) is 9.69 Å². The van der Waals surface area contributed by atoms with Crippen LogP contribution >= 0.6 is 0 Å². The SMILES string of the molecule is CC[C@@H]1CN2CC[C@]3(C(=O)N(CC)c4ccccc43)[C@@H]2C[C@@H]1/C(=C\OC)C(=O)OC. The average molecular weight is 413 g/mol. The number of para-hydroxylation sites is 1. The number of benzene rings is 1. The lowest BCUT2D eigenvalue weighted by Gasteiger charge is -2.45. The molecule has 0 saturated carbocycles. The largest absolute Gasteiger partial charge is 0.504 e. The van der Waals surface area contributed by atoms with Gasteiger partial charge in [0, 0.05) is 24.8 Å². The molecule has 6 nitrogen and oxygen atoms in total. The molecule has 2 fully saturated rings. The van der Waals surface area contributed by atoms with Gasteiger partial charge in [0.25, 0.3) is 0 Å². The molecule has 0 radical (unpaired) electrons. The number of fused-ring (bicyclic) bond motifs is 4. The van der Waals surface area contributed by atoms with Crippen LogP contribution in [0.25, 0.3) is 0 Å². The lowest BCUT2D eigenvalue weighted by Crippen LogP contribution is -2.55. The number of carbonyl (C=O) groups is 2. The van der Waals surface area contributed by atoms with E-state index in [9.17, 15) is 9.59 Å². The Balaban J connectivity index is 1.77. The number of ether oxygens (including phenoxy) is 2. The molecule has 0 unspecified atom stereocenters. The smallest absolute Gasteiger partial charge is 0.337 e. The van der Waals surface area contributed by atoms with Crippen LogP contribution in [0.15, 0.2) is 36.1 Å². The zero-order chi connectivity index (χ0) is 21.5. The van der Waals surface area contributed by atoms with Crippen molar-refractivity contribution in [3.8, 4) is 0 Å². The molecule has 3 aliphatic heterocycles. The van der Waals surface area contributed by atoms with Crippen molar-refractivity contribution in [2.45, 2.75) is 44.6 Å². The minimum Gasteiger partial charge on any atom is -0.504 e. The van der Waals surface area contributed by atoms with Crippen molar-refractivity contribution in [2.24, 2.45) is 11.8 Å². The Morgan fingerprint density at radius 1 is 1.27 bits per heavy atom. The summed E-state index contributed by atoms with van der Waals surface area (Å²) >= 11 is 0. The van der Waals surface area contributed by atoms with E-state index in [-0.39, 0.29) is 23.8 Å². The van der Waals surface area contributed by atoms with Crippen LogP contribution in [0.3, 0.4) is 0 Å². The van der Waals surface area contributed by atoms with Crippen molar-refractivity contribution in [3.63, 3.8) is 0 Å². The first kappa shape index (κ1) is 20.9. The van der Waals surface area contributed by atoms with Gasteiger partial charge in [-0.15, -0.1) is 0 Å². The Bertz CT molecular complexity index is 867. The number of amides is 1.